The molecule has 0 spiro atoms. The van der Waals surface area contributed by atoms with E-state index in [0.717, 1.165) is 0 Å². The largest absolute Gasteiger partial charge is 0.464 e. The van der Waals surface area contributed by atoms with Gasteiger partial charge in [-0.05, 0) is 20.3 Å². The summed E-state index contributed by atoms with van der Waals surface area (Å²) in [5.74, 6) is -0.334. The maximum absolute atomic E-state index is 11.2. The molecule has 0 radical (unpaired) electrons. The average molecular weight is 203 g/mol. The van der Waals surface area contributed by atoms with E-state index in [0.29, 0.717) is 19.4 Å². The summed E-state index contributed by atoms with van der Waals surface area (Å²) in [5, 5.41) is 0. The maximum atomic E-state index is 11.2. The van der Waals surface area contributed by atoms with Crippen LogP contribution in [0.4, 0.5) is 0 Å². The Morgan fingerprint density at radius 3 is 2.50 bits per heavy atom. The minimum atomic E-state index is -0.499. The van der Waals surface area contributed by atoms with Gasteiger partial charge in [-0.25, -0.2) is 0 Å². The first-order chi connectivity index (χ1) is 6.43. The molecule has 0 aliphatic carbocycles. The van der Waals surface area contributed by atoms with Crippen molar-refractivity contribution in [3.8, 4) is 0 Å². The van der Waals surface area contributed by atoms with Crippen LogP contribution in [0.2, 0.25) is 0 Å². The molecule has 4 heteroatoms. The third kappa shape index (κ3) is 5.19. The van der Waals surface area contributed by atoms with Crippen molar-refractivity contribution in [3.63, 3.8) is 0 Å². The molecule has 4 nitrogen and oxygen atoms in total. The van der Waals surface area contributed by atoms with E-state index in [9.17, 15) is 4.79 Å². The van der Waals surface area contributed by atoms with Crippen molar-refractivity contribution in [1.29, 1.82) is 0 Å². The molecule has 84 valence electrons. The van der Waals surface area contributed by atoms with Crippen LogP contribution in [0.1, 0.15) is 33.6 Å². The third-order valence-corrected chi connectivity index (χ3v) is 2.24. The van der Waals surface area contributed by atoms with Crippen molar-refractivity contribution in [2.45, 2.75) is 45.3 Å². The minimum Gasteiger partial charge on any atom is -0.464 e. The summed E-state index contributed by atoms with van der Waals surface area (Å²) >= 11 is 0. The van der Waals surface area contributed by atoms with Crippen molar-refractivity contribution in [2.24, 2.45) is 5.73 Å². The van der Waals surface area contributed by atoms with Crippen LogP contribution in [0, 0.1) is 0 Å². The topological polar surface area (TPSA) is 61.6 Å². The Labute approximate surface area is 85.8 Å². The maximum Gasteiger partial charge on any atom is 0.322 e. The zero-order valence-corrected chi connectivity index (χ0v) is 9.50. The molecule has 0 fully saturated rings. The summed E-state index contributed by atoms with van der Waals surface area (Å²) in [6.45, 7) is 6.10. The van der Waals surface area contributed by atoms with Gasteiger partial charge in [-0.1, -0.05) is 6.92 Å². The lowest BCUT2D eigenvalue weighted by molar-refractivity contribution is -0.146. The van der Waals surface area contributed by atoms with Crippen LogP contribution in [0.3, 0.4) is 0 Å². The molecule has 0 aliphatic rings. The van der Waals surface area contributed by atoms with Crippen molar-refractivity contribution in [2.75, 3.05) is 13.7 Å². The molecule has 0 unspecified atom stereocenters. The first-order valence-electron chi connectivity index (χ1n) is 4.90. The van der Waals surface area contributed by atoms with Crippen molar-refractivity contribution in [1.82, 2.24) is 0 Å². The predicted octanol–water partition coefficient (Wildman–Crippen LogP) is 1.08. The van der Waals surface area contributed by atoms with E-state index in [4.69, 9.17) is 15.2 Å². The van der Waals surface area contributed by atoms with Gasteiger partial charge >= 0.3 is 5.97 Å². The van der Waals surface area contributed by atoms with E-state index in [-0.39, 0.29) is 11.6 Å². The Morgan fingerprint density at radius 2 is 2.07 bits per heavy atom. The van der Waals surface area contributed by atoms with Crippen LogP contribution < -0.4 is 5.73 Å². The lowest BCUT2D eigenvalue weighted by atomic mass is 10.1. The van der Waals surface area contributed by atoms with Gasteiger partial charge in [-0.3, -0.25) is 4.79 Å². The Kier molecular flexibility index (Phi) is 5.72. The zero-order chi connectivity index (χ0) is 11.2. The third-order valence-electron chi connectivity index (χ3n) is 2.24. The molecule has 0 bridgehead atoms. The summed E-state index contributed by atoms with van der Waals surface area (Å²) in [6.07, 6.45) is 1.28. The highest BCUT2D eigenvalue weighted by Gasteiger charge is 2.18. The number of hydrogen-bond donors (Lipinski definition) is 1. The second kappa shape index (κ2) is 5.98. The van der Waals surface area contributed by atoms with Crippen molar-refractivity contribution in [3.05, 3.63) is 0 Å². The number of carbonyl (C=O) groups excluding carboxylic acids is 1. The highest BCUT2D eigenvalue weighted by Crippen LogP contribution is 2.12. The Bertz CT molecular complexity index is 180. The number of methoxy groups -OCH3 is 1. The first kappa shape index (κ1) is 13.4. The Morgan fingerprint density at radius 1 is 1.50 bits per heavy atom. The van der Waals surface area contributed by atoms with Crippen LogP contribution in [0.15, 0.2) is 0 Å². The fourth-order valence-electron chi connectivity index (χ4n) is 0.773. The molecule has 0 saturated heterocycles. The van der Waals surface area contributed by atoms with Gasteiger partial charge in [0.25, 0.3) is 0 Å². The number of nitrogens with two attached hydrogens (primary N) is 1. The van der Waals surface area contributed by atoms with Gasteiger partial charge in [0.2, 0.25) is 0 Å². The van der Waals surface area contributed by atoms with Gasteiger partial charge in [-0.2, -0.15) is 0 Å². The standard InChI is InChI=1S/C10H21NO3/c1-5-8(11)9(12)14-7-6-10(2,3)13-4/h8H,5-7,11H2,1-4H3/t8-/m1/s1. The zero-order valence-electron chi connectivity index (χ0n) is 9.50. The lowest BCUT2D eigenvalue weighted by Crippen LogP contribution is -2.33. The van der Waals surface area contributed by atoms with E-state index < -0.39 is 6.04 Å². The molecule has 14 heavy (non-hydrogen) atoms. The molecular formula is C10H21NO3. The van der Waals surface area contributed by atoms with Gasteiger partial charge in [0.15, 0.2) is 0 Å². The molecule has 0 aromatic heterocycles. The van der Waals surface area contributed by atoms with Crippen LogP contribution in [0.5, 0.6) is 0 Å². The SMILES string of the molecule is CC[C@@H](N)C(=O)OCCC(C)(C)OC. The molecule has 1 atom stereocenters. The van der Waals surface area contributed by atoms with Crippen molar-refractivity contribution >= 4 is 5.97 Å². The summed E-state index contributed by atoms with van der Waals surface area (Å²) in [6, 6.07) is -0.499. The number of esters is 1. The van der Waals surface area contributed by atoms with E-state index in [1.54, 1.807) is 7.11 Å². The van der Waals surface area contributed by atoms with Crippen molar-refractivity contribution < 1.29 is 14.3 Å². The Balaban J connectivity index is 3.69. The van der Waals surface area contributed by atoms with Gasteiger partial charge < -0.3 is 15.2 Å². The second-order valence-electron chi connectivity index (χ2n) is 3.90. The molecule has 0 heterocycles. The number of rotatable bonds is 6. The highest BCUT2D eigenvalue weighted by atomic mass is 16.5. The molecule has 0 rings (SSSR count). The smallest absolute Gasteiger partial charge is 0.322 e. The predicted molar refractivity (Wildman–Crippen MR) is 54.9 cm³/mol. The highest BCUT2D eigenvalue weighted by molar-refractivity contribution is 5.75. The summed E-state index contributed by atoms with van der Waals surface area (Å²) in [7, 11) is 1.64. The second-order valence-corrected chi connectivity index (χ2v) is 3.90. The summed E-state index contributed by atoms with van der Waals surface area (Å²) in [5.41, 5.74) is 5.24. The molecule has 0 amide bonds. The molecular weight excluding hydrogens is 182 g/mol. The van der Waals surface area contributed by atoms with Crippen LogP contribution in [0.25, 0.3) is 0 Å². The van der Waals surface area contributed by atoms with Crippen LogP contribution >= 0.6 is 0 Å². The molecule has 2 N–H and O–H groups in total. The Hall–Kier alpha value is -0.610. The van der Waals surface area contributed by atoms with Crippen LogP contribution in [-0.4, -0.2) is 31.3 Å². The van der Waals surface area contributed by atoms with E-state index in [1.165, 1.54) is 0 Å². The van der Waals surface area contributed by atoms with E-state index in [1.807, 2.05) is 20.8 Å². The van der Waals surface area contributed by atoms with Gasteiger partial charge in [0.1, 0.15) is 6.04 Å². The number of hydrogen-bond acceptors (Lipinski definition) is 4. The average Bonchev–Trinajstić information content (AvgIpc) is 2.16. The fourth-order valence-corrected chi connectivity index (χ4v) is 0.773. The quantitative estimate of drug-likeness (QED) is 0.656. The molecule has 0 aromatic carbocycles. The monoisotopic (exact) mass is 203 g/mol. The van der Waals surface area contributed by atoms with Gasteiger partial charge in [-0.15, -0.1) is 0 Å². The summed E-state index contributed by atoms with van der Waals surface area (Å²) < 4.78 is 10.2. The molecule has 0 aliphatic heterocycles. The minimum absolute atomic E-state index is 0.253. The first-order valence-corrected chi connectivity index (χ1v) is 4.90. The lowest BCUT2D eigenvalue weighted by Gasteiger charge is -2.22. The molecule has 0 saturated carbocycles. The fraction of sp³-hybridized carbons (Fsp3) is 0.900. The number of ether oxygens (including phenoxy) is 2. The molecule has 0 aromatic rings. The van der Waals surface area contributed by atoms with Crippen LogP contribution in [-0.2, 0) is 14.3 Å². The normalized spacial score (nSPS) is 13.8. The summed E-state index contributed by atoms with van der Waals surface area (Å²) in [4.78, 5) is 11.2. The van der Waals surface area contributed by atoms with E-state index >= 15 is 0 Å². The van der Waals surface area contributed by atoms with Gasteiger partial charge in [0, 0.05) is 13.5 Å². The number of carbonyl (C=O) groups is 1. The van der Waals surface area contributed by atoms with Gasteiger partial charge in [0.05, 0.1) is 12.2 Å². The van der Waals surface area contributed by atoms with E-state index in [2.05, 4.69) is 0 Å².